The zero-order valence-corrected chi connectivity index (χ0v) is 15.6. The van der Waals surface area contributed by atoms with Gasteiger partial charge in [0.2, 0.25) is 15.9 Å². The van der Waals surface area contributed by atoms with Crippen LogP contribution in [0.4, 0.5) is 4.39 Å². The van der Waals surface area contributed by atoms with Gasteiger partial charge in [-0.1, -0.05) is 12.1 Å². The summed E-state index contributed by atoms with van der Waals surface area (Å²) in [6.45, 7) is 1.61. The number of carbonyl (C=O) groups is 1. The van der Waals surface area contributed by atoms with Gasteiger partial charge in [-0.05, 0) is 48.4 Å². The van der Waals surface area contributed by atoms with Gasteiger partial charge in [0.1, 0.15) is 11.6 Å². The van der Waals surface area contributed by atoms with Crippen LogP contribution in [0.2, 0.25) is 0 Å². The molecule has 0 aromatic heterocycles. The van der Waals surface area contributed by atoms with Crippen LogP contribution in [0.25, 0.3) is 0 Å². The predicted molar refractivity (Wildman–Crippen MR) is 95.8 cm³/mol. The molecule has 6 nitrogen and oxygen atoms in total. The lowest BCUT2D eigenvalue weighted by molar-refractivity contribution is -0.121. The first-order chi connectivity index (χ1) is 12.2. The minimum Gasteiger partial charge on any atom is -0.496 e. The van der Waals surface area contributed by atoms with E-state index >= 15 is 0 Å². The molecule has 2 rings (SSSR count). The highest BCUT2D eigenvalue weighted by Crippen LogP contribution is 2.23. The van der Waals surface area contributed by atoms with Crippen molar-refractivity contribution in [2.24, 2.45) is 0 Å². The lowest BCUT2D eigenvalue weighted by atomic mass is 10.2. The van der Waals surface area contributed by atoms with Crippen LogP contribution in [0.3, 0.4) is 0 Å². The van der Waals surface area contributed by atoms with Crippen LogP contribution >= 0.6 is 0 Å². The Morgan fingerprint density at radius 2 is 1.85 bits per heavy atom. The third-order valence-electron chi connectivity index (χ3n) is 3.84. The van der Waals surface area contributed by atoms with Crippen molar-refractivity contribution in [1.29, 1.82) is 0 Å². The van der Waals surface area contributed by atoms with Crippen LogP contribution < -0.4 is 10.1 Å². The van der Waals surface area contributed by atoms with Gasteiger partial charge in [-0.2, -0.15) is 4.31 Å². The zero-order valence-electron chi connectivity index (χ0n) is 14.8. The Morgan fingerprint density at radius 3 is 2.42 bits per heavy atom. The number of hydrogen-bond acceptors (Lipinski definition) is 4. The van der Waals surface area contributed by atoms with Gasteiger partial charge in [-0.15, -0.1) is 0 Å². The first kappa shape index (κ1) is 19.9. The van der Waals surface area contributed by atoms with Crippen LogP contribution in [0.1, 0.15) is 11.1 Å². The molecule has 0 saturated heterocycles. The smallest absolute Gasteiger partial charge is 0.243 e. The second-order valence-electron chi connectivity index (χ2n) is 5.80. The third-order valence-corrected chi connectivity index (χ3v) is 5.64. The summed E-state index contributed by atoms with van der Waals surface area (Å²) in [5, 5.41) is 2.62. The van der Waals surface area contributed by atoms with Crippen LogP contribution in [0.15, 0.2) is 47.4 Å². The van der Waals surface area contributed by atoms with Gasteiger partial charge in [0, 0.05) is 13.6 Å². The molecule has 2 aromatic rings. The van der Waals surface area contributed by atoms with E-state index in [4.69, 9.17) is 4.74 Å². The molecule has 0 saturated carbocycles. The molecule has 0 fully saturated rings. The molecule has 2 aromatic carbocycles. The average Bonchev–Trinajstić information content (AvgIpc) is 2.61. The maximum atomic E-state index is 12.9. The topological polar surface area (TPSA) is 75.7 Å². The number of nitrogens with zero attached hydrogens (tertiary/aromatic N) is 1. The van der Waals surface area contributed by atoms with E-state index in [1.807, 2.05) is 0 Å². The number of hydrogen-bond donors (Lipinski definition) is 1. The Morgan fingerprint density at radius 1 is 1.19 bits per heavy atom. The molecule has 26 heavy (non-hydrogen) atoms. The quantitative estimate of drug-likeness (QED) is 0.798. The summed E-state index contributed by atoms with van der Waals surface area (Å²) in [6.07, 6.45) is 0. The monoisotopic (exact) mass is 380 g/mol. The number of halogens is 1. The van der Waals surface area contributed by atoms with E-state index in [2.05, 4.69) is 5.32 Å². The highest BCUT2D eigenvalue weighted by molar-refractivity contribution is 7.89. The predicted octanol–water partition coefficient (Wildman–Crippen LogP) is 2.08. The minimum absolute atomic E-state index is 0.0876. The highest BCUT2D eigenvalue weighted by Gasteiger charge is 2.23. The van der Waals surface area contributed by atoms with Gasteiger partial charge in [-0.25, -0.2) is 12.8 Å². The highest BCUT2D eigenvalue weighted by atomic mass is 32.2. The van der Waals surface area contributed by atoms with Crippen molar-refractivity contribution in [1.82, 2.24) is 9.62 Å². The van der Waals surface area contributed by atoms with E-state index < -0.39 is 15.9 Å². The number of amides is 1. The molecular weight excluding hydrogens is 359 g/mol. The van der Waals surface area contributed by atoms with Crippen molar-refractivity contribution in [3.8, 4) is 5.75 Å². The molecular formula is C18H21FN2O4S. The standard InChI is InChI=1S/C18H21FN2O4S/c1-13-10-16(8-9-17(13)25-3)26(23,24)21(2)12-18(22)20-11-14-4-6-15(19)7-5-14/h4-10H,11-12H2,1-3H3,(H,20,22). The summed E-state index contributed by atoms with van der Waals surface area (Å²) in [6, 6.07) is 10.2. The molecule has 0 aliphatic carbocycles. The molecule has 0 radical (unpaired) electrons. The number of carbonyl (C=O) groups excluding carboxylic acids is 1. The first-order valence-corrected chi connectivity index (χ1v) is 9.30. The fourth-order valence-electron chi connectivity index (χ4n) is 2.34. The first-order valence-electron chi connectivity index (χ1n) is 7.86. The van der Waals surface area contributed by atoms with Gasteiger partial charge in [0.15, 0.2) is 0 Å². The largest absolute Gasteiger partial charge is 0.496 e. The summed E-state index contributed by atoms with van der Waals surface area (Å²) in [4.78, 5) is 12.1. The normalized spacial score (nSPS) is 11.4. The maximum absolute atomic E-state index is 12.9. The SMILES string of the molecule is COc1ccc(S(=O)(=O)N(C)CC(=O)NCc2ccc(F)cc2)cc1C. The number of methoxy groups -OCH3 is 1. The molecule has 0 bridgehead atoms. The van der Waals surface area contributed by atoms with E-state index in [-0.39, 0.29) is 23.8 Å². The summed E-state index contributed by atoms with van der Waals surface area (Å²) in [5.41, 5.74) is 1.40. The van der Waals surface area contributed by atoms with Crippen molar-refractivity contribution >= 4 is 15.9 Å². The Balaban J connectivity index is 2.00. The molecule has 140 valence electrons. The number of nitrogens with one attached hydrogen (secondary N) is 1. The van der Waals surface area contributed by atoms with Gasteiger partial charge in [0.25, 0.3) is 0 Å². The van der Waals surface area contributed by atoms with Crippen molar-refractivity contribution in [2.45, 2.75) is 18.4 Å². The lowest BCUT2D eigenvalue weighted by Crippen LogP contribution is -2.38. The fraction of sp³-hybridized carbons (Fsp3) is 0.278. The van der Waals surface area contributed by atoms with Crippen LogP contribution in [0.5, 0.6) is 5.75 Å². The second kappa shape index (κ2) is 8.29. The molecule has 1 amide bonds. The molecule has 0 spiro atoms. The summed E-state index contributed by atoms with van der Waals surface area (Å²) in [7, 11) is -0.955. The van der Waals surface area contributed by atoms with Crippen molar-refractivity contribution in [2.75, 3.05) is 20.7 Å². The van der Waals surface area contributed by atoms with E-state index in [0.717, 1.165) is 9.87 Å². The third kappa shape index (κ3) is 4.80. The van der Waals surface area contributed by atoms with Gasteiger partial charge in [-0.3, -0.25) is 4.79 Å². The Hall–Kier alpha value is -2.45. The van der Waals surface area contributed by atoms with Crippen molar-refractivity contribution < 1.29 is 22.3 Å². The van der Waals surface area contributed by atoms with E-state index in [0.29, 0.717) is 11.3 Å². The second-order valence-corrected chi connectivity index (χ2v) is 7.84. The van der Waals surface area contributed by atoms with Gasteiger partial charge in [0.05, 0.1) is 18.6 Å². The molecule has 1 N–H and O–H groups in total. The van der Waals surface area contributed by atoms with Crippen LogP contribution in [-0.2, 0) is 21.4 Å². The average molecular weight is 380 g/mol. The molecule has 0 aliphatic heterocycles. The Labute approximate surface area is 152 Å². The lowest BCUT2D eigenvalue weighted by Gasteiger charge is -2.17. The summed E-state index contributed by atoms with van der Waals surface area (Å²) < 4.78 is 44.2. The molecule has 0 atom stereocenters. The van der Waals surface area contributed by atoms with E-state index in [1.165, 1.54) is 38.4 Å². The number of benzene rings is 2. The number of ether oxygens (including phenoxy) is 1. The van der Waals surface area contributed by atoms with E-state index in [9.17, 15) is 17.6 Å². The number of likely N-dealkylation sites (N-methyl/N-ethyl adjacent to an activating group) is 1. The zero-order chi connectivity index (χ0) is 19.3. The van der Waals surface area contributed by atoms with E-state index in [1.54, 1.807) is 25.1 Å². The minimum atomic E-state index is -3.80. The molecule has 0 unspecified atom stereocenters. The van der Waals surface area contributed by atoms with Gasteiger partial charge >= 0.3 is 0 Å². The Bertz CT molecular complexity index is 883. The number of rotatable bonds is 7. The van der Waals surface area contributed by atoms with Gasteiger partial charge < -0.3 is 10.1 Å². The van der Waals surface area contributed by atoms with Crippen LogP contribution in [0, 0.1) is 12.7 Å². The molecule has 8 heteroatoms. The number of aryl methyl sites for hydroxylation is 1. The maximum Gasteiger partial charge on any atom is 0.243 e. The summed E-state index contributed by atoms with van der Waals surface area (Å²) in [5.74, 6) is -0.227. The summed E-state index contributed by atoms with van der Waals surface area (Å²) >= 11 is 0. The fourth-order valence-corrected chi connectivity index (χ4v) is 3.55. The Kier molecular flexibility index (Phi) is 6.33. The molecule has 0 heterocycles. The number of sulfonamides is 1. The van der Waals surface area contributed by atoms with Crippen molar-refractivity contribution in [3.63, 3.8) is 0 Å². The van der Waals surface area contributed by atoms with Crippen molar-refractivity contribution in [3.05, 3.63) is 59.4 Å². The molecule has 0 aliphatic rings. The van der Waals surface area contributed by atoms with Crippen LogP contribution in [-0.4, -0.2) is 39.3 Å².